The van der Waals surface area contributed by atoms with Crippen molar-refractivity contribution in [2.45, 2.75) is 38.6 Å². The molecule has 0 spiro atoms. The number of carbonyl (C=O) groups excluding carboxylic acids is 2. The summed E-state index contributed by atoms with van der Waals surface area (Å²) in [6.45, 7) is 0.406. The Morgan fingerprint density at radius 3 is 2.77 bits per heavy atom. The second kappa shape index (κ2) is 9.73. The summed E-state index contributed by atoms with van der Waals surface area (Å²) < 4.78 is 0.723. The zero-order valence-corrected chi connectivity index (χ0v) is 18.7. The molecule has 2 N–H and O–H groups in total. The van der Waals surface area contributed by atoms with Crippen molar-refractivity contribution in [3.8, 4) is 9.88 Å². The van der Waals surface area contributed by atoms with Crippen LogP contribution in [-0.2, 0) is 22.6 Å². The number of benzene rings is 1. The Balaban J connectivity index is 1.28. The van der Waals surface area contributed by atoms with Crippen LogP contribution in [0.5, 0.6) is 0 Å². The van der Waals surface area contributed by atoms with Gasteiger partial charge in [0, 0.05) is 23.5 Å². The summed E-state index contributed by atoms with van der Waals surface area (Å²) in [6.07, 6.45) is 4.43. The lowest BCUT2D eigenvalue weighted by atomic mass is 10.1. The number of nitrogens with zero attached hydrogens (tertiary/aromatic N) is 1. The number of hydrogen-bond donors (Lipinski definition) is 2. The van der Waals surface area contributed by atoms with Crippen molar-refractivity contribution in [3.05, 3.63) is 57.4 Å². The molecule has 4 rings (SSSR count). The Labute approximate surface area is 188 Å². The molecule has 2 amide bonds. The van der Waals surface area contributed by atoms with Gasteiger partial charge in [0.05, 0.1) is 21.3 Å². The molecule has 0 aliphatic heterocycles. The first kappa shape index (κ1) is 21.0. The van der Waals surface area contributed by atoms with E-state index in [1.54, 1.807) is 0 Å². The highest BCUT2D eigenvalue weighted by Gasteiger charge is 2.22. The third-order valence-electron chi connectivity index (χ3n) is 5.09. The number of hydrogen-bond acceptors (Lipinski definition) is 5. The van der Waals surface area contributed by atoms with Gasteiger partial charge in [-0.1, -0.05) is 36.6 Å². The van der Waals surface area contributed by atoms with Crippen LogP contribution in [0.1, 0.15) is 36.9 Å². The summed E-state index contributed by atoms with van der Waals surface area (Å²) in [4.78, 5) is 30.2. The van der Waals surface area contributed by atoms with Crippen LogP contribution in [0.25, 0.3) is 9.88 Å². The lowest BCUT2D eigenvalue weighted by Gasteiger charge is -2.11. The summed E-state index contributed by atoms with van der Waals surface area (Å²) in [5, 5.41) is 8.71. The van der Waals surface area contributed by atoms with Crippen LogP contribution in [0.4, 0.5) is 5.69 Å². The van der Waals surface area contributed by atoms with Crippen molar-refractivity contribution in [1.82, 2.24) is 10.3 Å². The van der Waals surface area contributed by atoms with Crippen molar-refractivity contribution in [3.63, 3.8) is 0 Å². The average molecular weight is 460 g/mol. The standard InChI is InChI=1S/C22H22ClN3O2S2/c23-19-9-8-18(30-19)22-26-17(13-29-22)11-20(27)24-12-14-4-3-7-16(10-14)25-21(28)15-5-1-2-6-15/h3-4,7-10,13,15H,1-2,5-6,11-12H2,(H,24,27)(H,25,28). The van der Waals surface area contributed by atoms with E-state index in [1.165, 1.54) is 22.7 Å². The first-order valence-electron chi connectivity index (χ1n) is 9.93. The molecule has 2 aromatic heterocycles. The van der Waals surface area contributed by atoms with Crippen molar-refractivity contribution in [2.75, 3.05) is 5.32 Å². The highest BCUT2D eigenvalue weighted by atomic mass is 35.5. The zero-order chi connectivity index (χ0) is 20.9. The molecule has 1 fully saturated rings. The van der Waals surface area contributed by atoms with Crippen LogP contribution < -0.4 is 10.6 Å². The van der Waals surface area contributed by atoms with Gasteiger partial charge in [-0.2, -0.15) is 0 Å². The lowest BCUT2D eigenvalue weighted by molar-refractivity contribution is -0.121. The summed E-state index contributed by atoms with van der Waals surface area (Å²) in [5.41, 5.74) is 2.46. The summed E-state index contributed by atoms with van der Waals surface area (Å²) in [7, 11) is 0. The first-order valence-corrected chi connectivity index (χ1v) is 12.0. The van der Waals surface area contributed by atoms with Gasteiger partial charge in [0.25, 0.3) is 0 Å². The molecular formula is C22H22ClN3O2S2. The molecule has 1 saturated carbocycles. The number of carbonyl (C=O) groups is 2. The molecule has 0 unspecified atom stereocenters. The zero-order valence-electron chi connectivity index (χ0n) is 16.3. The number of aromatic nitrogens is 1. The molecule has 1 aromatic carbocycles. The molecule has 3 aromatic rings. The van der Waals surface area contributed by atoms with E-state index >= 15 is 0 Å². The largest absolute Gasteiger partial charge is 0.352 e. The molecular weight excluding hydrogens is 438 g/mol. The molecule has 0 saturated heterocycles. The van der Waals surface area contributed by atoms with Gasteiger partial charge in [0.2, 0.25) is 11.8 Å². The number of anilines is 1. The maximum atomic E-state index is 12.3. The highest BCUT2D eigenvalue weighted by Crippen LogP contribution is 2.33. The fraction of sp³-hybridized carbons (Fsp3) is 0.318. The number of halogens is 1. The molecule has 1 aliphatic rings. The van der Waals surface area contributed by atoms with Crippen molar-refractivity contribution in [1.29, 1.82) is 0 Å². The number of nitrogens with one attached hydrogen (secondary N) is 2. The normalized spacial score (nSPS) is 14.0. The van der Waals surface area contributed by atoms with Crippen LogP contribution in [0, 0.1) is 5.92 Å². The quantitative estimate of drug-likeness (QED) is 0.489. The summed E-state index contributed by atoms with van der Waals surface area (Å²) in [6, 6.07) is 11.4. The minimum absolute atomic E-state index is 0.0866. The lowest BCUT2D eigenvalue weighted by Crippen LogP contribution is -2.25. The summed E-state index contributed by atoms with van der Waals surface area (Å²) in [5.74, 6) is 0.137. The van der Waals surface area contributed by atoms with E-state index in [0.717, 1.165) is 56.8 Å². The molecule has 2 heterocycles. The van der Waals surface area contributed by atoms with Gasteiger partial charge < -0.3 is 10.6 Å². The second-order valence-corrected chi connectivity index (χ2v) is 9.95. The van der Waals surface area contributed by atoms with E-state index in [0.29, 0.717) is 6.54 Å². The van der Waals surface area contributed by atoms with Gasteiger partial charge >= 0.3 is 0 Å². The topological polar surface area (TPSA) is 71.1 Å². The van der Waals surface area contributed by atoms with E-state index < -0.39 is 0 Å². The van der Waals surface area contributed by atoms with Crippen LogP contribution in [0.2, 0.25) is 4.34 Å². The molecule has 1 aliphatic carbocycles. The maximum absolute atomic E-state index is 12.3. The molecule has 30 heavy (non-hydrogen) atoms. The Bertz CT molecular complexity index is 1040. The number of thiazole rings is 1. The van der Waals surface area contributed by atoms with Crippen LogP contribution in [-0.4, -0.2) is 16.8 Å². The van der Waals surface area contributed by atoms with Crippen molar-refractivity contribution < 1.29 is 9.59 Å². The van der Waals surface area contributed by atoms with Crippen LogP contribution in [0.3, 0.4) is 0 Å². The average Bonchev–Trinajstić information content (AvgIpc) is 3.48. The Kier molecular flexibility index (Phi) is 6.82. The summed E-state index contributed by atoms with van der Waals surface area (Å²) >= 11 is 8.97. The molecule has 0 radical (unpaired) electrons. The Hall–Kier alpha value is -2.22. The van der Waals surface area contributed by atoms with E-state index in [4.69, 9.17) is 11.6 Å². The predicted octanol–water partition coefficient (Wildman–Crippen LogP) is 5.51. The monoisotopic (exact) mass is 459 g/mol. The van der Waals surface area contributed by atoms with E-state index in [1.807, 2.05) is 41.8 Å². The molecule has 5 nitrogen and oxygen atoms in total. The number of rotatable bonds is 7. The van der Waals surface area contributed by atoms with Crippen molar-refractivity contribution in [2.24, 2.45) is 5.92 Å². The maximum Gasteiger partial charge on any atom is 0.227 e. The third-order valence-corrected chi connectivity index (χ3v) is 7.38. The van der Waals surface area contributed by atoms with E-state index in [-0.39, 0.29) is 24.2 Å². The third kappa shape index (κ3) is 5.47. The first-order chi connectivity index (χ1) is 14.6. The van der Waals surface area contributed by atoms with Gasteiger partial charge in [-0.3, -0.25) is 9.59 Å². The Morgan fingerprint density at radius 2 is 2.00 bits per heavy atom. The van der Waals surface area contributed by atoms with Gasteiger partial charge in [0.15, 0.2) is 0 Å². The fourth-order valence-corrected chi connectivity index (χ4v) is 5.48. The highest BCUT2D eigenvalue weighted by molar-refractivity contribution is 7.23. The smallest absolute Gasteiger partial charge is 0.227 e. The van der Waals surface area contributed by atoms with Gasteiger partial charge in [-0.05, 0) is 42.7 Å². The van der Waals surface area contributed by atoms with Crippen molar-refractivity contribution >= 4 is 51.8 Å². The van der Waals surface area contributed by atoms with Crippen LogP contribution in [0.15, 0.2) is 41.8 Å². The number of thiophene rings is 1. The molecule has 0 atom stereocenters. The Morgan fingerprint density at radius 1 is 1.17 bits per heavy atom. The number of amides is 2. The second-order valence-electron chi connectivity index (χ2n) is 7.37. The molecule has 156 valence electrons. The fourth-order valence-electron chi connectivity index (χ4n) is 3.55. The minimum Gasteiger partial charge on any atom is -0.352 e. The van der Waals surface area contributed by atoms with Crippen LogP contribution >= 0.6 is 34.3 Å². The van der Waals surface area contributed by atoms with Gasteiger partial charge in [0.1, 0.15) is 5.01 Å². The SMILES string of the molecule is O=C(Cc1csc(-c2ccc(Cl)s2)n1)NCc1cccc(NC(=O)C2CCCC2)c1. The van der Waals surface area contributed by atoms with Gasteiger partial charge in [-0.15, -0.1) is 22.7 Å². The van der Waals surface area contributed by atoms with E-state index in [9.17, 15) is 9.59 Å². The van der Waals surface area contributed by atoms with E-state index in [2.05, 4.69) is 15.6 Å². The molecule has 0 bridgehead atoms. The predicted molar refractivity (Wildman–Crippen MR) is 123 cm³/mol. The molecule has 8 heteroatoms. The minimum atomic E-state index is -0.0866. The van der Waals surface area contributed by atoms with Gasteiger partial charge in [-0.25, -0.2) is 4.98 Å².